The Bertz CT molecular complexity index is 995. The van der Waals surface area contributed by atoms with Crippen LogP contribution >= 0.6 is 0 Å². The lowest BCUT2D eigenvalue weighted by Gasteiger charge is -2.10. The Kier molecular flexibility index (Phi) is 4.66. The summed E-state index contributed by atoms with van der Waals surface area (Å²) in [6.45, 7) is -0.354. The van der Waals surface area contributed by atoms with E-state index in [9.17, 15) is 22.8 Å². The first-order chi connectivity index (χ1) is 12.3. The third kappa shape index (κ3) is 3.85. The predicted molar refractivity (Wildman–Crippen MR) is 90.1 cm³/mol. The SMILES string of the molecule is O=C(COc1cccc2c(=O)[nH]ccc12)Nc1ccc(C(F)(F)F)cc1. The average molecular weight is 362 g/mol. The molecule has 0 saturated carbocycles. The van der Waals surface area contributed by atoms with Gasteiger partial charge in [0.25, 0.3) is 11.5 Å². The first kappa shape index (κ1) is 17.5. The van der Waals surface area contributed by atoms with Gasteiger partial charge in [-0.1, -0.05) is 6.07 Å². The minimum Gasteiger partial charge on any atom is -0.483 e. The molecule has 1 aromatic heterocycles. The number of aromatic amines is 1. The number of hydrogen-bond acceptors (Lipinski definition) is 3. The van der Waals surface area contributed by atoms with Gasteiger partial charge in [-0.15, -0.1) is 0 Å². The quantitative estimate of drug-likeness (QED) is 0.745. The van der Waals surface area contributed by atoms with Crippen LogP contribution in [0.15, 0.2) is 59.5 Å². The first-order valence-electron chi connectivity index (χ1n) is 7.55. The number of hydrogen-bond donors (Lipinski definition) is 2. The summed E-state index contributed by atoms with van der Waals surface area (Å²) < 4.78 is 43.0. The van der Waals surface area contributed by atoms with E-state index in [4.69, 9.17) is 4.74 Å². The summed E-state index contributed by atoms with van der Waals surface area (Å²) in [6, 6.07) is 10.6. The van der Waals surface area contributed by atoms with Crippen molar-refractivity contribution in [2.75, 3.05) is 11.9 Å². The molecular weight excluding hydrogens is 349 g/mol. The molecule has 8 heteroatoms. The molecule has 134 valence electrons. The average Bonchev–Trinajstić information content (AvgIpc) is 2.60. The number of carbonyl (C=O) groups excluding carboxylic acids is 1. The van der Waals surface area contributed by atoms with Crippen molar-refractivity contribution in [2.45, 2.75) is 6.18 Å². The molecule has 26 heavy (non-hydrogen) atoms. The third-order valence-electron chi connectivity index (χ3n) is 3.63. The van der Waals surface area contributed by atoms with Crippen molar-refractivity contribution in [2.24, 2.45) is 0 Å². The third-order valence-corrected chi connectivity index (χ3v) is 3.63. The number of amides is 1. The number of halogens is 3. The maximum absolute atomic E-state index is 12.5. The van der Waals surface area contributed by atoms with E-state index in [-0.39, 0.29) is 17.9 Å². The molecule has 0 bridgehead atoms. The lowest BCUT2D eigenvalue weighted by Crippen LogP contribution is -2.20. The number of alkyl halides is 3. The van der Waals surface area contributed by atoms with Crippen LogP contribution in [0, 0.1) is 0 Å². The van der Waals surface area contributed by atoms with E-state index in [1.165, 1.54) is 6.20 Å². The standard InChI is InChI=1S/C18H13F3N2O3/c19-18(20,21)11-4-6-12(7-5-11)23-16(24)10-26-15-3-1-2-14-13(15)8-9-22-17(14)25/h1-9H,10H2,(H,22,25)(H,23,24). The second-order valence-electron chi connectivity index (χ2n) is 5.44. The van der Waals surface area contributed by atoms with Crippen LogP contribution < -0.4 is 15.6 Å². The van der Waals surface area contributed by atoms with Crippen molar-refractivity contribution in [1.82, 2.24) is 4.98 Å². The zero-order valence-electron chi connectivity index (χ0n) is 13.3. The number of H-pyrrole nitrogens is 1. The highest BCUT2D eigenvalue weighted by molar-refractivity contribution is 5.92. The number of fused-ring (bicyclic) bond motifs is 1. The van der Waals surface area contributed by atoms with Crippen LogP contribution in [0.5, 0.6) is 5.75 Å². The minimum absolute atomic E-state index is 0.223. The molecule has 1 heterocycles. The molecular formula is C18H13F3N2O3. The molecule has 1 amide bonds. The fourth-order valence-electron chi connectivity index (χ4n) is 2.40. The van der Waals surface area contributed by atoms with E-state index in [1.807, 2.05) is 0 Å². The fourth-order valence-corrected chi connectivity index (χ4v) is 2.40. The van der Waals surface area contributed by atoms with Gasteiger partial charge in [0.15, 0.2) is 6.61 Å². The summed E-state index contributed by atoms with van der Waals surface area (Å²) in [5.74, 6) is -0.178. The largest absolute Gasteiger partial charge is 0.483 e. The Morgan fingerprint density at radius 1 is 1.04 bits per heavy atom. The highest BCUT2D eigenvalue weighted by Crippen LogP contribution is 2.29. The molecule has 3 rings (SSSR count). The molecule has 3 aromatic rings. The molecule has 0 fully saturated rings. The van der Waals surface area contributed by atoms with Crippen molar-refractivity contribution in [3.63, 3.8) is 0 Å². The zero-order chi connectivity index (χ0) is 18.7. The van der Waals surface area contributed by atoms with Crippen molar-refractivity contribution >= 4 is 22.4 Å². The lowest BCUT2D eigenvalue weighted by atomic mass is 10.1. The lowest BCUT2D eigenvalue weighted by molar-refractivity contribution is -0.137. The van der Waals surface area contributed by atoms with Gasteiger partial charge < -0.3 is 15.0 Å². The minimum atomic E-state index is -4.43. The Balaban J connectivity index is 1.66. The van der Waals surface area contributed by atoms with Crippen LogP contribution in [0.3, 0.4) is 0 Å². The Morgan fingerprint density at radius 3 is 2.46 bits per heavy atom. The summed E-state index contributed by atoms with van der Waals surface area (Å²) in [5, 5.41) is 3.43. The van der Waals surface area contributed by atoms with Crippen LogP contribution in [0.2, 0.25) is 0 Å². The highest BCUT2D eigenvalue weighted by Gasteiger charge is 2.29. The summed E-state index contributed by atoms with van der Waals surface area (Å²) in [5.41, 5.74) is -0.851. The van der Waals surface area contributed by atoms with Gasteiger partial charge in [0, 0.05) is 17.3 Å². The molecule has 2 aromatic carbocycles. The number of nitrogens with one attached hydrogen (secondary N) is 2. The number of carbonyl (C=O) groups is 1. The number of anilines is 1. The predicted octanol–water partition coefficient (Wildman–Crippen LogP) is 3.56. The molecule has 0 radical (unpaired) electrons. The Labute approximate surface area is 145 Å². The van der Waals surface area contributed by atoms with E-state index in [0.29, 0.717) is 16.5 Å². The van der Waals surface area contributed by atoms with Crippen molar-refractivity contribution in [3.8, 4) is 5.75 Å². The van der Waals surface area contributed by atoms with Gasteiger partial charge in [-0.2, -0.15) is 13.2 Å². The molecule has 0 unspecified atom stereocenters. The summed E-state index contributed by atoms with van der Waals surface area (Å²) in [6.07, 6.45) is -2.96. The van der Waals surface area contributed by atoms with Crippen molar-refractivity contribution < 1.29 is 22.7 Å². The van der Waals surface area contributed by atoms with Crippen LogP contribution in [-0.2, 0) is 11.0 Å². The molecule has 0 atom stereocenters. The fraction of sp³-hybridized carbons (Fsp3) is 0.111. The van der Waals surface area contributed by atoms with Crippen LogP contribution in [0.25, 0.3) is 10.8 Å². The maximum Gasteiger partial charge on any atom is 0.416 e. The number of pyridine rings is 1. The van der Waals surface area contributed by atoms with Crippen molar-refractivity contribution in [3.05, 3.63) is 70.6 Å². The van der Waals surface area contributed by atoms with Crippen LogP contribution in [0.1, 0.15) is 5.56 Å². The molecule has 0 aliphatic rings. The van der Waals surface area contributed by atoms with Gasteiger partial charge in [-0.3, -0.25) is 9.59 Å². The summed E-state index contributed by atoms with van der Waals surface area (Å²) in [7, 11) is 0. The van der Waals surface area contributed by atoms with E-state index in [1.54, 1.807) is 24.3 Å². The van der Waals surface area contributed by atoms with Crippen LogP contribution in [-0.4, -0.2) is 17.5 Å². The van der Waals surface area contributed by atoms with Crippen LogP contribution in [0.4, 0.5) is 18.9 Å². The van der Waals surface area contributed by atoms with E-state index in [2.05, 4.69) is 10.3 Å². The molecule has 0 aliphatic heterocycles. The summed E-state index contributed by atoms with van der Waals surface area (Å²) in [4.78, 5) is 26.2. The molecule has 0 saturated heterocycles. The second kappa shape index (κ2) is 6.91. The van der Waals surface area contributed by atoms with Gasteiger partial charge in [0.2, 0.25) is 0 Å². The smallest absolute Gasteiger partial charge is 0.416 e. The van der Waals surface area contributed by atoms with E-state index < -0.39 is 17.6 Å². The molecule has 0 spiro atoms. The Hall–Kier alpha value is -3.29. The monoisotopic (exact) mass is 362 g/mol. The second-order valence-corrected chi connectivity index (χ2v) is 5.44. The van der Waals surface area contributed by atoms with E-state index in [0.717, 1.165) is 24.3 Å². The van der Waals surface area contributed by atoms with Gasteiger partial charge in [0.1, 0.15) is 5.75 Å². The first-order valence-corrected chi connectivity index (χ1v) is 7.55. The number of ether oxygens (including phenoxy) is 1. The van der Waals surface area contributed by atoms with E-state index >= 15 is 0 Å². The van der Waals surface area contributed by atoms with Gasteiger partial charge in [-0.25, -0.2) is 0 Å². The summed E-state index contributed by atoms with van der Waals surface area (Å²) >= 11 is 0. The molecule has 0 aliphatic carbocycles. The Morgan fingerprint density at radius 2 is 1.77 bits per heavy atom. The number of rotatable bonds is 4. The topological polar surface area (TPSA) is 71.2 Å². The molecule has 5 nitrogen and oxygen atoms in total. The number of benzene rings is 2. The van der Waals surface area contributed by atoms with Crippen molar-refractivity contribution in [1.29, 1.82) is 0 Å². The van der Waals surface area contributed by atoms with Gasteiger partial charge in [-0.05, 0) is 42.5 Å². The normalized spacial score (nSPS) is 11.3. The molecule has 2 N–H and O–H groups in total. The maximum atomic E-state index is 12.5. The number of aromatic nitrogens is 1. The van der Waals surface area contributed by atoms with Gasteiger partial charge in [0.05, 0.1) is 10.9 Å². The van der Waals surface area contributed by atoms with Gasteiger partial charge >= 0.3 is 6.18 Å². The zero-order valence-corrected chi connectivity index (χ0v) is 13.3. The highest BCUT2D eigenvalue weighted by atomic mass is 19.4.